The minimum absolute atomic E-state index is 0.0698. The maximum absolute atomic E-state index is 12.7. The molecule has 2 heterocycles. The second kappa shape index (κ2) is 13.6. The van der Waals surface area contributed by atoms with E-state index in [0.29, 0.717) is 28.9 Å². The lowest BCUT2D eigenvalue weighted by Crippen LogP contribution is -2.55. The molecule has 3 unspecified atom stereocenters. The number of hydrogen-bond donors (Lipinski definition) is 0. The van der Waals surface area contributed by atoms with Crippen LogP contribution in [0.4, 0.5) is 0 Å². The molecule has 2 aromatic heterocycles. The van der Waals surface area contributed by atoms with Gasteiger partial charge in [0.2, 0.25) is 12.0 Å². The molecule has 4 rings (SSSR count). The summed E-state index contributed by atoms with van der Waals surface area (Å²) in [6.07, 6.45) is 6.29. The van der Waals surface area contributed by atoms with Gasteiger partial charge in [-0.25, -0.2) is 19.4 Å². The summed E-state index contributed by atoms with van der Waals surface area (Å²) in [4.78, 5) is 21.3. The highest BCUT2D eigenvalue weighted by atomic mass is 31.4. The fourth-order valence-corrected chi connectivity index (χ4v) is 15.6. The normalized spacial score (nSPS) is 14.0. The fourth-order valence-electron chi connectivity index (χ4n) is 5.16. The van der Waals surface area contributed by atoms with Crippen LogP contribution in [-0.4, -0.2) is 79.7 Å². The van der Waals surface area contributed by atoms with Crippen molar-refractivity contribution in [3.63, 3.8) is 0 Å². The first-order chi connectivity index (χ1) is 20.5. The standard InChI is InChI=1S/C31H37N5O5PSi/c1-22-13-14-23(18-32)17-26(22)36-28-25(19-35-36)29(34-21-33-28)41-27(30(37)38-5)20-39-15-16-40-43(42(6)7,31(2,3)4)24-11-9-8-10-12-24/h8-14,17,19,21,27H,6,15-16,20H2,1-5,7H3/q+1. The van der Waals surface area contributed by atoms with Crippen LogP contribution in [-0.2, 0) is 18.7 Å². The molecule has 0 saturated carbocycles. The first kappa shape index (κ1) is 32.0. The van der Waals surface area contributed by atoms with Crippen molar-refractivity contribution in [1.82, 2.24) is 19.7 Å². The number of benzene rings is 2. The summed E-state index contributed by atoms with van der Waals surface area (Å²) in [5, 5.41) is 15.4. The van der Waals surface area contributed by atoms with Gasteiger partial charge in [0.05, 0.1) is 70.5 Å². The first-order valence-corrected chi connectivity index (χ1v) is 18.5. The van der Waals surface area contributed by atoms with E-state index < -0.39 is 27.2 Å². The Morgan fingerprint density at radius 1 is 1.16 bits per heavy atom. The second-order valence-electron chi connectivity index (χ2n) is 11.1. The van der Waals surface area contributed by atoms with Crippen molar-refractivity contribution in [2.75, 3.05) is 33.6 Å². The van der Waals surface area contributed by atoms with E-state index in [1.807, 2.05) is 31.2 Å². The predicted octanol–water partition coefficient (Wildman–Crippen LogP) is 4.64. The third-order valence-electron chi connectivity index (χ3n) is 7.14. The van der Waals surface area contributed by atoms with Gasteiger partial charge in [0.25, 0.3) is 0 Å². The van der Waals surface area contributed by atoms with E-state index in [1.165, 1.54) is 18.6 Å². The molecule has 12 heteroatoms. The largest absolute Gasteiger partial charge is 0.467 e. The van der Waals surface area contributed by atoms with Gasteiger partial charge in [-0.1, -0.05) is 57.2 Å². The molecule has 224 valence electrons. The quantitative estimate of drug-likeness (QED) is 0.0967. The molecule has 0 N–H and O–H groups in total. The van der Waals surface area contributed by atoms with Crippen molar-refractivity contribution < 1.29 is 23.4 Å². The SMILES string of the molecule is C=[P+](C)[Si](OCCOCC(Oc1ncnc2c1cnn2-c1cc(C#N)ccc1C)C(=O)OC)(c1ccccc1)C(C)(C)C. The van der Waals surface area contributed by atoms with Gasteiger partial charge in [-0.3, -0.25) is 0 Å². The summed E-state index contributed by atoms with van der Waals surface area (Å²) in [5.74, 6) is -0.437. The number of methoxy groups -OCH3 is 1. The van der Waals surface area contributed by atoms with Gasteiger partial charge in [0, 0.05) is 10.2 Å². The van der Waals surface area contributed by atoms with E-state index >= 15 is 0 Å². The van der Waals surface area contributed by atoms with Crippen LogP contribution >= 0.6 is 7.09 Å². The Kier molecular flexibility index (Phi) is 10.1. The number of rotatable bonds is 12. The van der Waals surface area contributed by atoms with Gasteiger partial charge in [0.1, 0.15) is 11.7 Å². The summed E-state index contributed by atoms with van der Waals surface area (Å²) in [6.45, 7) is 11.3. The highest BCUT2D eigenvalue weighted by Crippen LogP contribution is 2.49. The summed E-state index contributed by atoms with van der Waals surface area (Å²) in [7, 11) is -1.84. The molecule has 0 saturated heterocycles. The summed E-state index contributed by atoms with van der Waals surface area (Å²) < 4.78 is 25.3. The van der Waals surface area contributed by atoms with Crippen LogP contribution in [0.25, 0.3) is 16.7 Å². The van der Waals surface area contributed by atoms with Gasteiger partial charge in [-0.05, 0) is 24.6 Å². The zero-order chi connectivity index (χ0) is 31.2. The summed E-state index contributed by atoms with van der Waals surface area (Å²) in [5.41, 5.74) is 2.58. The summed E-state index contributed by atoms with van der Waals surface area (Å²) >= 11 is 0. The Bertz CT molecular complexity index is 1650. The number of esters is 1. The molecule has 0 aliphatic carbocycles. The van der Waals surface area contributed by atoms with E-state index in [0.717, 1.165) is 5.56 Å². The number of aromatic nitrogens is 4. The maximum atomic E-state index is 12.7. The highest BCUT2D eigenvalue weighted by molar-refractivity contribution is 7.94. The minimum atomic E-state index is -2.48. The van der Waals surface area contributed by atoms with Gasteiger partial charge >= 0.3 is 14.0 Å². The lowest BCUT2D eigenvalue weighted by atomic mass is 10.1. The number of hydrogen-bond acceptors (Lipinski definition) is 9. The van der Waals surface area contributed by atoms with Crippen molar-refractivity contribution in [3.05, 3.63) is 72.2 Å². The first-order valence-electron chi connectivity index (χ1n) is 13.8. The van der Waals surface area contributed by atoms with Crippen LogP contribution < -0.4 is 9.92 Å². The van der Waals surface area contributed by atoms with Crippen LogP contribution in [0.3, 0.4) is 0 Å². The highest BCUT2D eigenvalue weighted by Gasteiger charge is 2.60. The van der Waals surface area contributed by atoms with Crippen molar-refractivity contribution >= 4 is 43.6 Å². The monoisotopic (exact) mass is 618 g/mol. The lowest BCUT2D eigenvalue weighted by Gasteiger charge is -2.34. The summed E-state index contributed by atoms with van der Waals surface area (Å²) in [6, 6.07) is 17.8. The predicted molar refractivity (Wildman–Crippen MR) is 171 cm³/mol. The van der Waals surface area contributed by atoms with Crippen LogP contribution in [0.1, 0.15) is 31.9 Å². The van der Waals surface area contributed by atoms with Gasteiger partial charge in [0.15, 0.2) is 5.65 Å². The molecule has 43 heavy (non-hydrogen) atoms. The second-order valence-corrected chi connectivity index (χ2v) is 20.3. The number of nitriles is 1. The van der Waals surface area contributed by atoms with Gasteiger partial charge < -0.3 is 18.6 Å². The van der Waals surface area contributed by atoms with E-state index in [2.05, 4.69) is 67.0 Å². The van der Waals surface area contributed by atoms with E-state index in [9.17, 15) is 10.1 Å². The van der Waals surface area contributed by atoms with E-state index in [-0.39, 0.29) is 24.1 Å². The van der Waals surface area contributed by atoms with Gasteiger partial charge in [-0.2, -0.15) is 10.4 Å². The number of carbonyl (C=O) groups excluding carboxylic acids is 1. The third kappa shape index (κ3) is 6.68. The van der Waals surface area contributed by atoms with Crippen LogP contribution in [0, 0.1) is 18.3 Å². The van der Waals surface area contributed by atoms with Crippen molar-refractivity contribution in [1.29, 1.82) is 5.26 Å². The smallest absolute Gasteiger partial charge is 0.466 e. The molecule has 0 aliphatic rings. The number of carbonyl (C=O) groups is 1. The van der Waals surface area contributed by atoms with Crippen molar-refractivity contribution in [2.45, 2.75) is 38.8 Å². The topological polar surface area (TPSA) is 121 Å². The molecule has 0 aliphatic heterocycles. The molecular formula is C31H37N5O5PSi+. The zero-order valence-corrected chi connectivity index (χ0v) is 27.3. The Balaban J connectivity index is 1.49. The fraction of sp³-hybridized carbons (Fsp3) is 0.355. The molecule has 2 aromatic carbocycles. The minimum Gasteiger partial charge on any atom is -0.466 e. The maximum Gasteiger partial charge on any atom is 0.467 e. The molecular weight excluding hydrogens is 581 g/mol. The molecule has 0 fully saturated rings. The Morgan fingerprint density at radius 3 is 2.56 bits per heavy atom. The lowest BCUT2D eigenvalue weighted by molar-refractivity contribution is -0.152. The van der Waals surface area contributed by atoms with Crippen molar-refractivity contribution in [3.8, 4) is 17.6 Å². The van der Waals surface area contributed by atoms with Crippen molar-refractivity contribution in [2.24, 2.45) is 0 Å². The van der Waals surface area contributed by atoms with E-state index in [4.69, 9.17) is 18.6 Å². The number of aryl methyl sites for hydroxylation is 1. The Morgan fingerprint density at radius 2 is 1.91 bits per heavy atom. The molecule has 0 radical (unpaired) electrons. The average molecular weight is 619 g/mol. The number of nitrogens with zero attached hydrogens (tertiary/aromatic N) is 5. The zero-order valence-electron chi connectivity index (χ0n) is 25.4. The van der Waals surface area contributed by atoms with Crippen LogP contribution in [0.2, 0.25) is 5.04 Å². The molecule has 0 spiro atoms. The third-order valence-corrected chi connectivity index (χ3v) is 18.4. The molecule has 10 nitrogen and oxygen atoms in total. The van der Waals surface area contributed by atoms with Crippen LogP contribution in [0.5, 0.6) is 5.88 Å². The molecule has 4 aromatic rings. The van der Waals surface area contributed by atoms with Gasteiger partial charge in [-0.15, -0.1) is 0 Å². The van der Waals surface area contributed by atoms with Crippen LogP contribution in [0.15, 0.2) is 61.1 Å². The average Bonchev–Trinajstić information content (AvgIpc) is 3.42. The molecule has 3 atom stereocenters. The Labute approximate surface area is 254 Å². The molecule has 0 bridgehead atoms. The van der Waals surface area contributed by atoms with E-state index in [1.54, 1.807) is 23.0 Å². The molecule has 0 amide bonds. The number of fused-ring (bicyclic) bond motifs is 1. The Hall–Kier alpha value is -3.94. The number of ether oxygens (including phenoxy) is 3.